The minimum atomic E-state index is -0.294. The normalized spacial score (nSPS) is 11.1. The van der Waals surface area contributed by atoms with Gasteiger partial charge in [-0.25, -0.2) is 4.98 Å². The second-order valence-corrected chi connectivity index (χ2v) is 8.89. The van der Waals surface area contributed by atoms with E-state index in [1.807, 2.05) is 12.1 Å². The number of carbonyl (C=O) groups is 1. The highest BCUT2D eigenvalue weighted by Crippen LogP contribution is 2.25. The number of nitrogens with zero attached hydrogens (tertiary/aromatic N) is 2. The molecule has 1 amide bonds. The highest BCUT2D eigenvalue weighted by Gasteiger charge is 2.14. The summed E-state index contributed by atoms with van der Waals surface area (Å²) in [4.78, 5) is 31.8. The molecule has 1 aromatic carbocycles. The third kappa shape index (κ3) is 4.45. The van der Waals surface area contributed by atoms with Gasteiger partial charge in [-0.1, -0.05) is 34.7 Å². The van der Waals surface area contributed by atoms with Gasteiger partial charge in [0.25, 0.3) is 5.56 Å². The van der Waals surface area contributed by atoms with Gasteiger partial charge in [-0.2, -0.15) is 0 Å². The van der Waals surface area contributed by atoms with Crippen LogP contribution in [0.25, 0.3) is 16.0 Å². The molecule has 0 atom stereocenters. The average molecular weight is 465 g/mol. The van der Waals surface area contributed by atoms with Crippen molar-refractivity contribution in [1.82, 2.24) is 19.9 Å². The van der Waals surface area contributed by atoms with Gasteiger partial charge in [-0.3, -0.25) is 14.2 Å². The van der Waals surface area contributed by atoms with Crippen LogP contribution in [0.4, 0.5) is 0 Å². The molecule has 0 radical (unpaired) electrons. The minimum absolute atomic E-state index is 0.0982. The molecular formula is C18H13ClN4O3S3. The Bertz CT molecular complexity index is 1280. The lowest BCUT2D eigenvalue weighted by Gasteiger charge is -2.06. The van der Waals surface area contributed by atoms with E-state index >= 15 is 0 Å². The van der Waals surface area contributed by atoms with Crippen molar-refractivity contribution in [3.8, 4) is 5.69 Å². The number of aromatic amines is 1. The van der Waals surface area contributed by atoms with Gasteiger partial charge >= 0.3 is 0 Å². The van der Waals surface area contributed by atoms with Crippen molar-refractivity contribution >= 4 is 63.2 Å². The first-order valence-electron chi connectivity index (χ1n) is 8.35. The van der Waals surface area contributed by atoms with Crippen molar-refractivity contribution in [3.63, 3.8) is 0 Å². The molecular weight excluding hydrogens is 452 g/mol. The second kappa shape index (κ2) is 8.54. The number of carbonyl (C=O) groups excluding carboxylic acids is 1. The van der Waals surface area contributed by atoms with E-state index in [4.69, 9.17) is 28.2 Å². The van der Waals surface area contributed by atoms with Crippen LogP contribution >= 0.6 is 46.9 Å². The van der Waals surface area contributed by atoms with Gasteiger partial charge in [-0.05, 0) is 48.6 Å². The molecule has 3 heterocycles. The van der Waals surface area contributed by atoms with Crippen LogP contribution < -0.4 is 10.9 Å². The lowest BCUT2D eigenvalue weighted by molar-refractivity contribution is -0.118. The third-order valence-electron chi connectivity index (χ3n) is 3.89. The zero-order chi connectivity index (χ0) is 20.4. The summed E-state index contributed by atoms with van der Waals surface area (Å²) in [6.45, 7) is 0.301. The Morgan fingerprint density at radius 2 is 2.14 bits per heavy atom. The summed E-state index contributed by atoms with van der Waals surface area (Å²) in [5.41, 5.74) is 0.915. The fourth-order valence-corrected chi connectivity index (χ4v) is 4.65. The number of halogens is 1. The monoisotopic (exact) mass is 464 g/mol. The van der Waals surface area contributed by atoms with E-state index in [1.54, 1.807) is 35.1 Å². The maximum atomic E-state index is 12.5. The Balaban J connectivity index is 1.57. The molecule has 0 fully saturated rings. The fourth-order valence-electron chi connectivity index (χ4n) is 2.56. The van der Waals surface area contributed by atoms with Crippen molar-refractivity contribution in [1.29, 1.82) is 0 Å². The van der Waals surface area contributed by atoms with Crippen LogP contribution in [0.2, 0.25) is 5.02 Å². The zero-order valence-electron chi connectivity index (χ0n) is 14.7. The maximum absolute atomic E-state index is 12.5. The number of benzene rings is 1. The Morgan fingerprint density at radius 1 is 1.34 bits per heavy atom. The standard InChI is InChI=1S/C18H13ClN4O3S3/c19-10-3-5-11(6-4-10)23-15-14(29-18(23)27)16(25)22-17(21-15)28-9-13(24)20-8-12-2-1-7-26-12/h1-7H,8-9H2,(H,20,24)(H,21,22,25). The predicted molar refractivity (Wildman–Crippen MR) is 117 cm³/mol. The molecule has 3 aromatic heterocycles. The van der Waals surface area contributed by atoms with Crippen molar-refractivity contribution in [2.75, 3.05) is 5.75 Å². The minimum Gasteiger partial charge on any atom is -0.467 e. The number of nitrogens with one attached hydrogen (secondary N) is 2. The molecule has 0 unspecified atom stereocenters. The van der Waals surface area contributed by atoms with Gasteiger partial charge in [0.05, 0.1) is 18.6 Å². The Morgan fingerprint density at radius 3 is 2.86 bits per heavy atom. The molecule has 0 aliphatic heterocycles. The number of thioether (sulfide) groups is 1. The Labute approximate surface area is 182 Å². The first-order chi connectivity index (χ1) is 14.0. The van der Waals surface area contributed by atoms with Gasteiger partial charge in [-0.15, -0.1) is 0 Å². The lowest BCUT2D eigenvalue weighted by atomic mass is 10.3. The summed E-state index contributed by atoms with van der Waals surface area (Å²) in [5.74, 6) is 0.562. The molecule has 0 saturated carbocycles. The average Bonchev–Trinajstić information content (AvgIpc) is 3.33. The van der Waals surface area contributed by atoms with Gasteiger partial charge < -0.3 is 14.7 Å². The number of thiazole rings is 1. The van der Waals surface area contributed by atoms with Crippen LogP contribution in [-0.4, -0.2) is 26.2 Å². The van der Waals surface area contributed by atoms with E-state index in [2.05, 4.69) is 15.3 Å². The maximum Gasteiger partial charge on any atom is 0.271 e. The molecule has 4 aromatic rings. The molecule has 7 nitrogen and oxygen atoms in total. The Kier molecular flexibility index (Phi) is 5.86. The number of amides is 1. The molecule has 11 heteroatoms. The van der Waals surface area contributed by atoms with Gasteiger partial charge in [0.15, 0.2) is 14.8 Å². The summed E-state index contributed by atoms with van der Waals surface area (Å²) < 4.78 is 7.82. The third-order valence-corrected chi connectivity index (χ3v) is 6.37. The van der Waals surface area contributed by atoms with Crippen LogP contribution in [0.1, 0.15) is 5.76 Å². The van der Waals surface area contributed by atoms with E-state index in [0.29, 0.717) is 36.8 Å². The van der Waals surface area contributed by atoms with E-state index in [-0.39, 0.29) is 17.2 Å². The van der Waals surface area contributed by atoms with Crippen molar-refractivity contribution in [2.45, 2.75) is 11.7 Å². The molecule has 4 rings (SSSR count). The molecule has 0 saturated heterocycles. The Hall–Kier alpha value is -2.40. The number of rotatable bonds is 6. The van der Waals surface area contributed by atoms with Crippen LogP contribution in [-0.2, 0) is 11.3 Å². The summed E-state index contributed by atoms with van der Waals surface area (Å²) in [5, 5.41) is 3.69. The molecule has 2 N–H and O–H groups in total. The topological polar surface area (TPSA) is 92.9 Å². The number of furan rings is 1. The molecule has 0 aliphatic rings. The summed E-state index contributed by atoms with van der Waals surface area (Å²) in [6.07, 6.45) is 1.55. The highest BCUT2D eigenvalue weighted by atomic mass is 35.5. The van der Waals surface area contributed by atoms with E-state index < -0.39 is 0 Å². The van der Waals surface area contributed by atoms with Crippen LogP contribution in [0, 0.1) is 3.95 Å². The fraction of sp³-hybridized carbons (Fsp3) is 0.111. The first kappa shape index (κ1) is 19.9. The van der Waals surface area contributed by atoms with Gasteiger partial charge in [0, 0.05) is 10.7 Å². The molecule has 29 heavy (non-hydrogen) atoms. The van der Waals surface area contributed by atoms with Crippen molar-refractivity contribution < 1.29 is 9.21 Å². The quantitative estimate of drug-likeness (QED) is 0.253. The highest BCUT2D eigenvalue weighted by molar-refractivity contribution is 7.99. The van der Waals surface area contributed by atoms with Crippen LogP contribution in [0.3, 0.4) is 0 Å². The molecule has 148 valence electrons. The number of hydrogen-bond donors (Lipinski definition) is 2. The first-order valence-corrected chi connectivity index (χ1v) is 10.9. The smallest absolute Gasteiger partial charge is 0.271 e. The second-order valence-electron chi connectivity index (χ2n) is 5.85. The van der Waals surface area contributed by atoms with Gasteiger partial charge in [0.1, 0.15) is 10.5 Å². The lowest BCUT2D eigenvalue weighted by Crippen LogP contribution is -2.24. The van der Waals surface area contributed by atoms with Crippen LogP contribution in [0.15, 0.2) is 57.0 Å². The van der Waals surface area contributed by atoms with Crippen molar-refractivity contribution in [2.24, 2.45) is 0 Å². The molecule has 0 spiro atoms. The molecule has 0 aliphatic carbocycles. The number of hydrogen-bond acceptors (Lipinski definition) is 7. The number of H-pyrrole nitrogens is 1. The van der Waals surface area contributed by atoms with Crippen molar-refractivity contribution in [3.05, 3.63) is 67.8 Å². The van der Waals surface area contributed by atoms with E-state index in [9.17, 15) is 9.59 Å². The largest absolute Gasteiger partial charge is 0.467 e. The summed E-state index contributed by atoms with van der Waals surface area (Å²) >= 11 is 13.7. The predicted octanol–water partition coefficient (Wildman–Crippen LogP) is 4.16. The summed E-state index contributed by atoms with van der Waals surface area (Å²) in [6, 6.07) is 10.6. The van der Waals surface area contributed by atoms with Gasteiger partial charge in [0.2, 0.25) is 5.91 Å². The molecule has 0 bridgehead atoms. The van der Waals surface area contributed by atoms with E-state index in [1.165, 1.54) is 11.3 Å². The SMILES string of the molecule is O=C(CSc1nc2c(sc(=S)n2-c2ccc(Cl)cc2)c(=O)[nH]1)NCc1ccco1. The number of aromatic nitrogens is 3. The number of fused-ring (bicyclic) bond motifs is 1. The van der Waals surface area contributed by atoms with E-state index in [0.717, 1.165) is 17.4 Å². The summed E-state index contributed by atoms with van der Waals surface area (Å²) in [7, 11) is 0. The zero-order valence-corrected chi connectivity index (χ0v) is 17.9. The van der Waals surface area contributed by atoms with Crippen LogP contribution in [0.5, 0.6) is 0 Å².